The van der Waals surface area contributed by atoms with E-state index in [0.717, 1.165) is 44.3 Å². The lowest BCUT2D eigenvalue weighted by Crippen LogP contribution is -2.52. The number of likely N-dealkylation sites (tertiary alicyclic amines) is 1. The van der Waals surface area contributed by atoms with Crippen molar-refractivity contribution in [2.45, 2.75) is 97.0 Å². The first-order chi connectivity index (χ1) is 15.6. The molecule has 0 aromatic rings. The molecule has 2 heterocycles. The van der Waals surface area contributed by atoms with Crippen LogP contribution >= 0.6 is 0 Å². The van der Waals surface area contributed by atoms with Crippen molar-refractivity contribution in [1.29, 1.82) is 0 Å². The fourth-order valence-electron chi connectivity index (χ4n) is 6.30. The van der Waals surface area contributed by atoms with Gasteiger partial charge < -0.3 is 14.9 Å². The molecule has 0 aromatic heterocycles. The van der Waals surface area contributed by atoms with E-state index >= 15 is 0 Å². The summed E-state index contributed by atoms with van der Waals surface area (Å²) < 4.78 is 5.59. The molecule has 8 atom stereocenters. The molecular formula is C27H43NO5. The lowest BCUT2D eigenvalue weighted by Gasteiger charge is -2.48. The number of ether oxygens (including phenoxy) is 1. The predicted octanol–water partition coefficient (Wildman–Crippen LogP) is 3.66. The fraction of sp³-hybridized carbons (Fsp3) is 0.778. The summed E-state index contributed by atoms with van der Waals surface area (Å²) >= 11 is 0. The highest BCUT2D eigenvalue weighted by molar-refractivity contribution is 5.78. The number of nitrogens with zero attached hydrogens (tertiary/aromatic N) is 1. The quantitative estimate of drug-likeness (QED) is 0.464. The molecule has 8 unspecified atom stereocenters. The summed E-state index contributed by atoms with van der Waals surface area (Å²) in [6, 6.07) is 0.0991. The number of aliphatic hydroxyl groups is 2. The molecule has 6 nitrogen and oxygen atoms in total. The van der Waals surface area contributed by atoms with Gasteiger partial charge in [0, 0.05) is 30.2 Å². The summed E-state index contributed by atoms with van der Waals surface area (Å²) in [6.07, 6.45) is 9.21. The topological polar surface area (TPSA) is 87.1 Å². The van der Waals surface area contributed by atoms with Gasteiger partial charge in [0.25, 0.3) is 0 Å². The molecule has 0 saturated carbocycles. The zero-order valence-electron chi connectivity index (χ0n) is 21.0. The number of esters is 1. The molecule has 0 aromatic carbocycles. The van der Waals surface area contributed by atoms with Crippen molar-refractivity contribution < 1.29 is 24.5 Å². The first-order valence-corrected chi connectivity index (χ1v) is 12.8. The third-order valence-corrected chi connectivity index (χ3v) is 8.40. The van der Waals surface area contributed by atoms with E-state index in [2.05, 4.69) is 17.1 Å². The fourth-order valence-corrected chi connectivity index (χ4v) is 6.30. The SMILES string of the molecule is CC(=O)C(C)C(CC1CC=CC2CCC(=O)OC(C(C)O)C(C)/C=C(\C)C21O)N1CCCC1. The number of hydrogen-bond donors (Lipinski definition) is 2. The average molecular weight is 462 g/mol. The minimum absolute atomic E-state index is 0.0520. The molecule has 186 valence electrons. The van der Waals surface area contributed by atoms with Gasteiger partial charge in [0.1, 0.15) is 11.9 Å². The number of hydrogen-bond acceptors (Lipinski definition) is 6. The molecule has 3 aliphatic rings. The number of allylic oxidation sites excluding steroid dienone is 1. The molecular weight excluding hydrogens is 418 g/mol. The van der Waals surface area contributed by atoms with Crippen molar-refractivity contribution in [3.05, 3.63) is 23.8 Å². The Hall–Kier alpha value is -1.50. The van der Waals surface area contributed by atoms with Gasteiger partial charge in [0.05, 0.1) is 11.7 Å². The number of aliphatic hydroxyl groups excluding tert-OH is 1. The highest BCUT2D eigenvalue weighted by atomic mass is 16.6. The second-order valence-electron chi connectivity index (χ2n) is 10.7. The Bertz CT molecular complexity index is 768. The number of rotatable bonds is 6. The summed E-state index contributed by atoms with van der Waals surface area (Å²) in [5.74, 6) is -0.705. The minimum atomic E-state index is -1.10. The van der Waals surface area contributed by atoms with Crippen molar-refractivity contribution in [1.82, 2.24) is 4.90 Å². The van der Waals surface area contributed by atoms with E-state index in [4.69, 9.17) is 4.74 Å². The molecule has 33 heavy (non-hydrogen) atoms. The predicted molar refractivity (Wildman–Crippen MR) is 128 cm³/mol. The molecule has 1 saturated heterocycles. The Morgan fingerprint density at radius 3 is 2.58 bits per heavy atom. The lowest BCUT2D eigenvalue weighted by molar-refractivity contribution is -0.158. The smallest absolute Gasteiger partial charge is 0.306 e. The molecule has 0 radical (unpaired) electrons. The zero-order chi connectivity index (χ0) is 24.3. The molecule has 0 bridgehead atoms. The van der Waals surface area contributed by atoms with Crippen molar-refractivity contribution in [2.75, 3.05) is 13.1 Å². The Kier molecular flexibility index (Phi) is 8.57. The van der Waals surface area contributed by atoms with Gasteiger partial charge in [-0.05, 0) is 77.5 Å². The van der Waals surface area contributed by atoms with Crippen LogP contribution in [-0.4, -0.2) is 63.8 Å². The van der Waals surface area contributed by atoms with Gasteiger partial charge in [-0.3, -0.25) is 14.5 Å². The summed E-state index contributed by atoms with van der Waals surface area (Å²) in [6.45, 7) is 11.2. The summed E-state index contributed by atoms with van der Waals surface area (Å²) in [7, 11) is 0. The highest BCUT2D eigenvalue weighted by Gasteiger charge is 2.48. The molecule has 2 N–H and O–H groups in total. The number of Topliss-reactive ketones (excluding diaryl/α,β-unsaturated/α-hetero) is 1. The standard InChI is InChI=1S/C27H43NO5/c1-17-15-18(2)27(32)22(11-12-25(31)33-26(17)21(5)30)9-8-10-23(27)16-24(19(3)20(4)29)28-13-6-7-14-28/h8-9,15,17,19,21-24,26,30,32H,6-7,10-14,16H2,1-5H3/b18-15+. The van der Waals surface area contributed by atoms with Crippen LogP contribution in [0.25, 0.3) is 0 Å². The minimum Gasteiger partial charge on any atom is -0.459 e. The number of fused-ring (bicyclic) bond motifs is 1. The third kappa shape index (κ3) is 5.60. The summed E-state index contributed by atoms with van der Waals surface area (Å²) in [5, 5.41) is 22.6. The van der Waals surface area contributed by atoms with Crippen molar-refractivity contribution in [3.8, 4) is 0 Å². The second-order valence-corrected chi connectivity index (χ2v) is 10.7. The molecule has 3 rings (SSSR count). The van der Waals surface area contributed by atoms with E-state index in [1.165, 1.54) is 0 Å². The van der Waals surface area contributed by atoms with Gasteiger partial charge >= 0.3 is 5.97 Å². The maximum atomic E-state index is 12.5. The highest BCUT2D eigenvalue weighted by Crippen LogP contribution is 2.46. The molecule has 1 fully saturated rings. The van der Waals surface area contributed by atoms with Gasteiger partial charge in [0.2, 0.25) is 0 Å². The first kappa shape index (κ1) is 26.1. The van der Waals surface area contributed by atoms with Crippen LogP contribution in [0.2, 0.25) is 0 Å². The Morgan fingerprint density at radius 2 is 1.97 bits per heavy atom. The third-order valence-electron chi connectivity index (χ3n) is 8.40. The van der Waals surface area contributed by atoms with E-state index in [0.29, 0.717) is 6.42 Å². The molecule has 0 spiro atoms. The second kappa shape index (κ2) is 10.8. The van der Waals surface area contributed by atoms with Crippen molar-refractivity contribution >= 4 is 11.8 Å². The summed E-state index contributed by atoms with van der Waals surface area (Å²) in [4.78, 5) is 27.3. The van der Waals surface area contributed by atoms with E-state index in [1.807, 2.05) is 26.8 Å². The van der Waals surface area contributed by atoms with Gasteiger partial charge in [-0.1, -0.05) is 32.1 Å². The molecule has 2 aliphatic heterocycles. The van der Waals surface area contributed by atoms with Gasteiger partial charge in [-0.25, -0.2) is 0 Å². The maximum absolute atomic E-state index is 12.5. The van der Waals surface area contributed by atoms with Gasteiger partial charge in [-0.2, -0.15) is 0 Å². The molecule has 0 amide bonds. The van der Waals surface area contributed by atoms with Crippen LogP contribution in [0, 0.1) is 23.7 Å². The monoisotopic (exact) mass is 461 g/mol. The van der Waals surface area contributed by atoms with E-state index < -0.39 is 17.8 Å². The molecule has 6 heteroatoms. The maximum Gasteiger partial charge on any atom is 0.306 e. The lowest BCUT2D eigenvalue weighted by atomic mass is 9.63. The van der Waals surface area contributed by atoms with Crippen molar-refractivity contribution in [3.63, 3.8) is 0 Å². The van der Waals surface area contributed by atoms with Crippen LogP contribution in [0.4, 0.5) is 0 Å². The van der Waals surface area contributed by atoms with Crippen LogP contribution in [0.15, 0.2) is 23.8 Å². The van der Waals surface area contributed by atoms with Crippen LogP contribution in [0.5, 0.6) is 0 Å². The van der Waals surface area contributed by atoms with Crippen LogP contribution in [-0.2, 0) is 14.3 Å². The summed E-state index contributed by atoms with van der Waals surface area (Å²) in [5.41, 5.74) is -0.230. The normalized spacial score (nSPS) is 37.9. The van der Waals surface area contributed by atoms with Crippen LogP contribution in [0.3, 0.4) is 0 Å². The number of ketones is 1. The number of carbonyl (C=O) groups excluding carboxylic acids is 2. The largest absolute Gasteiger partial charge is 0.459 e. The van der Waals surface area contributed by atoms with E-state index in [1.54, 1.807) is 13.8 Å². The first-order valence-electron chi connectivity index (χ1n) is 12.8. The Balaban J connectivity index is 1.98. The van der Waals surface area contributed by atoms with Gasteiger partial charge in [0.15, 0.2) is 0 Å². The van der Waals surface area contributed by atoms with Gasteiger partial charge in [-0.15, -0.1) is 0 Å². The Labute approximate surface area is 199 Å². The Morgan fingerprint density at radius 1 is 1.30 bits per heavy atom. The number of cyclic esters (lactones) is 1. The average Bonchev–Trinajstić information content (AvgIpc) is 3.28. The van der Waals surface area contributed by atoms with Crippen LogP contribution < -0.4 is 0 Å². The molecule has 1 aliphatic carbocycles. The zero-order valence-corrected chi connectivity index (χ0v) is 21.0. The van der Waals surface area contributed by atoms with Crippen LogP contribution in [0.1, 0.15) is 73.1 Å². The van der Waals surface area contributed by atoms with E-state index in [-0.39, 0.29) is 47.9 Å². The van der Waals surface area contributed by atoms with Crippen molar-refractivity contribution in [2.24, 2.45) is 23.7 Å². The number of carbonyl (C=O) groups is 2. The van der Waals surface area contributed by atoms with E-state index in [9.17, 15) is 19.8 Å².